The van der Waals surface area contributed by atoms with E-state index in [1.165, 1.54) is 6.07 Å². The third kappa shape index (κ3) is 3.24. The van der Waals surface area contributed by atoms with E-state index in [2.05, 4.69) is 10.4 Å². The summed E-state index contributed by atoms with van der Waals surface area (Å²) in [5.74, 6) is 1.34. The van der Waals surface area contributed by atoms with Crippen molar-refractivity contribution in [1.29, 1.82) is 0 Å². The molecule has 3 aromatic rings. The zero-order valence-electron chi connectivity index (χ0n) is 16.1. The molecule has 0 spiro atoms. The zero-order valence-corrected chi connectivity index (χ0v) is 16.1. The summed E-state index contributed by atoms with van der Waals surface area (Å²) < 4.78 is 12.8. The molecular formula is C21H23N3O4. The number of aromatic hydroxyl groups is 1. The van der Waals surface area contributed by atoms with Crippen LogP contribution in [-0.4, -0.2) is 34.0 Å². The maximum atomic E-state index is 12.9. The van der Waals surface area contributed by atoms with Crippen LogP contribution in [0.1, 0.15) is 35.8 Å². The number of aryl methyl sites for hydroxylation is 1. The van der Waals surface area contributed by atoms with Gasteiger partial charge in [0, 0.05) is 18.0 Å². The molecule has 0 fully saturated rings. The predicted octanol–water partition coefficient (Wildman–Crippen LogP) is 3.18. The predicted molar refractivity (Wildman–Crippen MR) is 105 cm³/mol. The van der Waals surface area contributed by atoms with Crippen LogP contribution in [0.15, 0.2) is 36.5 Å². The first-order valence-electron chi connectivity index (χ1n) is 9.29. The zero-order chi connectivity index (χ0) is 19.8. The molecule has 1 aliphatic rings. The third-order valence-corrected chi connectivity index (χ3v) is 4.95. The summed E-state index contributed by atoms with van der Waals surface area (Å²) in [6.07, 6.45) is 1.63. The van der Waals surface area contributed by atoms with Gasteiger partial charge in [0.1, 0.15) is 24.5 Å². The van der Waals surface area contributed by atoms with E-state index < -0.39 is 0 Å². The average molecular weight is 381 g/mol. The molecule has 4 rings (SSSR count). The van der Waals surface area contributed by atoms with Gasteiger partial charge in [0.25, 0.3) is 5.91 Å². The monoisotopic (exact) mass is 381 g/mol. The summed E-state index contributed by atoms with van der Waals surface area (Å²) in [6.45, 7) is 5.14. The van der Waals surface area contributed by atoms with Gasteiger partial charge in [0.2, 0.25) is 0 Å². The normalized spacial score (nSPS) is 14.3. The van der Waals surface area contributed by atoms with Gasteiger partial charge < -0.3 is 19.9 Å². The van der Waals surface area contributed by atoms with Crippen molar-refractivity contribution in [3.8, 4) is 17.2 Å². The Morgan fingerprint density at radius 2 is 1.93 bits per heavy atom. The second-order valence-electron chi connectivity index (χ2n) is 7.30. The van der Waals surface area contributed by atoms with Crippen LogP contribution < -0.4 is 14.8 Å². The molecule has 2 N–H and O–H groups in total. The molecule has 1 aliphatic heterocycles. The second-order valence-corrected chi connectivity index (χ2v) is 7.30. The number of phenolic OH excluding ortho intramolecular Hbond substituents is 1. The number of aromatic nitrogens is 2. The molecule has 1 atom stereocenters. The maximum Gasteiger partial charge on any atom is 0.251 e. The lowest BCUT2D eigenvalue weighted by Crippen LogP contribution is -2.32. The number of carbonyl (C=O) groups excluding carboxylic acids is 1. The van der Waals surface area contributed by atoms with Crippen molar-refractivity contribution < 1.29 is 19.4 Å². The van der Waals surface area contributed by atoms with E-state index in [1.807, 2.05) is 32.0 Å². The molecular weight excluding hydrogens is 358 g/mol. The fourth-order valence-corrected chi connectivity index (χ4v) is 3.54. The summed E-state index contributed by atoms with van der Waals surface area (Å²) in [5, 5.41) is 18.2. The van der Waals surface area contributed by atoms with Crippen molar-refractivity contribution in [2.75, 3.05) is 13.2 Å². The average Bonchev–Trinajstić information content (AvgIpc) is 3.06. The fraction of sp³-hybridized carbons (Fsp3) is 0.333. The molecule has 7 nitrogen and oxygen atoms in total. The first kappa shape index (κ1) is 18.2. The molecule has 1 amide bonds. The molecule has 0 bridgehead atoms. The number of ether oxygens (including phenoxy) is 2. The summed E-state index contributed by atoms with van der Waals surface area (Å²) >= 11 is 0. The van der Waals surface area contributed by atoms with Crippen LogP contribution in [0.4, 0.5) is 0 Å². The quantitative estimate of drug-likeness (QED) is 0.725. The minimum Gasteiger partial charge on any atom is -0.506 e. The van der Waals surface area contributed by atoms with E-state index >= 15 is 0 Å². The number of nitrogens with one attached hydrogen (secondary N) is 1. The Labute approximate surface area is 162 Å². The lowest BCUT2D eigenvalue weighted by molar-refractivity contribution is 0.0925. The van der Waals surface area contributed by atoms with Crippen LogP contribution in [0, 0.1) is 5.92 Å². The van der Waals surface area contributed by atoms with E-state index in [1.54, 1.807) is 24.0 Å². The highest BCUT2D eigenvalue weighted by Crippen LogP contribution is 2.34. The largest absolute Gasteiger partial charge is 0.506 e. The van der Waals surface area contributed by atoms with E-state index in [0.29, 0.717) is 35.4 Å². The van der Waals surface area contributed by atoms with Crippen molar-refractivity contribution in [2.24, 2.45) is 13.0 Å². The molecule has 0 radical (unpaired) electrons. The molecule has 0 aliphatic carbocycles. The molecule has 0 saturated heterocycles. The van der Waals surface area contributed by atoms with E-state index in [4.69, 9.17) is 9.47 Å². The van der Waals surface area contributed by atoms with Crippen molar-refractivity contribution in [3.63, 3.8) is 0 Å². The Balaban J connectivity index is 1.62. The molecule has 146 valence electrons. The van der Waals surface area contributed by atoms with Crippen LogP contribution in [0.3, 0.4) is 0 Å². The summed E-state index contributed by atoms with van der Waals surface area (Å²) in [5.41, 5.74) is 1.93. The fourth-order valence-electron chi connectivity index (χ4n) is 3.54. The third-order valence-electron chi connectivity index (χ3n) is 4.95. The SMILES string of the molecule is CC(C)[C@@H](NC(=O)c1cc(O)c2c(cnn2C)c1)c1ccc2c(c1)OCCO2. The van der Waals surface area contributed by atoms with E-state index in [0.717, 1.165) is 11.3 Å². The number of rotatable bonds is 4. The van der Waals surface area contributed by atoms with Crippen LogP contribution in [0.5, 0.6) is 17.2 Å². The molecule has 1 aromatic heterocycles. The Hall–Kier alpha value is -3.22. The summed E-state index contributed by atoms with van der Waals surface area (Å²) in [7, 11) is 1.75. The maximum absolute atomic E-state index is 12.9. The Morgan fingerprint density at radius 3 is 2.68 bits per heavy atom. The highest BCUT2D eigenvalue weighted by molar-refractivity contribution is 6.00. The smallest absolute Gasteiger partial charge is 0.251 e. The Bertz CT molecular complexity index is 1040. The topological polar surface area (TPSA) is 85.6 Å². The van der Waals surface area contributed by atoms with Crippen molar-refractivity contribution >= 4 is 16.8 Å². The number of phenols is 1. The molecule has 2 heterocycles. The van der Waals surface area contributed by atoms with Crippen LogP contribution >= 0.6 is 0 Å². The van der Waals surface area contributed by atoms with Crippen molar-refractivity contribution in [3.05, 3.63) is 47.7 Å². The number of amides is 1. The number of carbonyl (C=O) groups is 1. The van der Waals surface area contributed by atoms with Gasteiger partial charge in [-0.25, -0.2) is 0 Å². The highest BCUT2D eigenvalue weighted by atomic mass is 16.6. The standard InChI is InChI=1S/C21H23N3O4/c1-12(2)19(13-4-5-17-18(10-13)28-7-6-27-17)23-21(26)14-8-15-11-22-24(3)20(15)16(25)9-14/h4-5,8-12,19,25H,6-7H2,1-3H3,(H,23,26)/t19-/m1/s1. The molecule has 0 unspecified atom stereocenters. The van der Waals surface area contributed by atoms with Gasteiger partial charge in [0.05, 0.1) is 12.2 Å². The number of fused-ring (bicyclic) bond motifs is 2. The molecule has 0 saturated carbocycles. The minimum atomic E-state index is -0.255. The van der Waals surface area contributed by atoms with Crippen molar-refractivity contribution in [2.45, 2.75) is 19.9 Å². The van der Waals surface area contributed by atoms with Crippen LogP contribution in [-0.2, 0) is 7.05 Å². The number of benzene rings is 2. The minimum absolute atomic E-state index is 0.0306. The lowest BCUT2D eigenvalue weighted by Gasteiger charge is -2.25. The lowest BCUT2D eigenvalue weighted by atomic mass is 9.95. The van der Waals surface area contributed by atoms with Crippen molar-refractivity contribution in [1.82, 2.24) is 15.1 Å². The van der Waals surface area contributed by atoms with E-state index in [-0.39, 0.29) is 23.6 Å². The highest BCUT2D eigenvalue weighted by Gasteiger charge is 2.23. The van der Waals surface area contributed by atoms with Gasteiger partial charge in [-0.2, -0.15) is 5.10 Å². The van der Waals surface area contributed by atoms with Gasteiger partial charge in [0.15, 0.2) is 11.5 Å². The molecule has 7 heteroatoms. The Morgan fingerprint density at radius 1 is 1.18 bits per heavy atom. The molecule has 2 aromatic carbocycles. The second kappa shape index (κ2) is 7.07. The Kier molecular flexibility index (Phi) is 4.58. The van der Waals surface area contributed by atoms with Gasteiger partial charge in [-0.15, -0.1) is 0 Å². The number of nitrogens with zero attached hydrogens (tertiary/aromatic N) is 2. The van der Waals surface area contributed by atoms with Crippen LogP contribution in [0.2, 0.25) is 0 Å². The first-order chi connectivity index (χ1) is 13.4. The molecule has 28 heavy (non-hydrogen) atoms. The van der Waals surface area contributed by atoms with Gasteiger partial charge in [-0.1, -0.05) is 19.9 Å². The first-order valence-corrected chi connectivity index (χ1v) is 9.29. The van der Waals surface area contributed by atoms with Gasteiger partial charge in [-0.05, 0) is 35.7 Å². The number of hydrogen-bond donors (Lipinski definition) is 2. The van der Waals surface area contributed by atoms with E-state index in [9.17, 15) is 9.90 Å². The van der Waals surface area contributed by atoms with Crippen LogP contribution in [0.25, 0.3) is 10.9 Å². The summed E-state index contributed by atoms with van der Waals surface area (Å²) in [6, 6.07) is 8.73. The van der Waals surface area contributed by atoms with Gasteiger partial charge in [-0.3, -0.25) is 9.48 Å². The van der Waals surface area contributed by atoms with Gasteiger partial charge >= 0.3 is 0 Å². The summed E-state index contributed by atoms with van der Waals surface area (Å²) in [4.78, 5) is 12.9. The number of hydrogen-bond acceptors (Lipinski definition) is 5.